The Morgan fingerprint density at radius 2 is 2.24 bits per heavy atom. The molecule has 0 heterocycles. The van der Waals surface area contributed by atoms with Gasteiger partial charge in [-0.2, -0.15) is 5.26 Å². The van der Waals surface area contributed by atoms with E-state index in [1.54, 1.807) is 0 Å². The Balaban J connectivity index is 2.43. The molecule has 112 valence electrons. The van der Waals surface area contributed by atoms with Crippen molar-refractivity contribution in [3.05, 3.63) is 46.6 Å². The second-order valence-electron chi connectivity index (χ2n) is 5.11. The smallest absolute Gasteiger partial charge is 0.263 e. The molecule has 1 rings (SSSR count). The van der Waals surface area contributed by atoms with Gasteiger partial charge in [-0.3, -0.25) is 4.79 Å². The van der Waals surface area contributed by atoms with Crippen molar-refractivity contribution < 1.29 is 4.79 Å². The van der Waals surface area contributed by atoms with Crippen molar-refractivity contribution in [2.24, 2.45) is 5.92 Å². The van der Waals surface area contributed by atoms with Gasteiger partial charge >= 0.3 is 0 Å². The number of hydrogen-bond donors (Lipinski definition) is 2. The summed E-state index contributed by atoms with van der Waals surface area (Å²) in [6.07, 6.45) is 2.23. The summed E-state index contributed by atoms with van der Waals surface area (Å²) >= 11 is 5.90. The molecule has 1 aromatic rings. The number of nitrogens with one attached hydrogen (secondary N) is 2. The zero-order valence-corrected chi connectivity index (χ0v) is 13.1. The fourth-order valence-electron chi connectivity index (χ4n) is 1.62. The van der Waals surface area contributed by atoms with Crippen molar-refractivity contribution in [3.8, 4) is 6.07 Å². The number of nitrogens with zero attached hydrogens (tertiary/aromatic N) is 1. The lowest BCUT2D eigenvalue weighted by Crippen LogP contribution is -2.29. The van der Waals surface area contributed by atoms with Gasteiger partial charge < -0.3 is 10.6 Å². The molecule has 0 spiro atoms. The van der Waals surface area contributed by atoms with Crippen LogP contribution in [0.4, 0.5) is 0 Å². The third kappa shape index (κ3) is 6.82. The van der Waals surface area contributed by atoms with Crippen molar-refractivity contribution in [3.63, 3.8) is 0 Å². The van der Waals surface area contributed by atoms with E-state index in [2.05, 4.69) is 10.6 Å². The summed E-state index contributed by atoms with van der Waals surface area (Å²) in [5.74, 6) is 0.00568. The largest absolute Gasteiger partial charge is 0.389 e. The van der Waals surface area contributed by atoms with Gasteiger partial charge in [0.1, 0.15) is 11.6 Å². The van der Waals surface area contributed by atoms with Crippen LogP contribution in [0.5, 0.6) is 0 Å². The third-order valence-electron chi connectivity index (χ3n) is 2.73. The van der Waals surface area contributed by atoms with Crippen LogP contribution in [0.15, 0.2) is 36.0 Å². The molecule has 4 nitrogen and oxygen atoms in total. The minimum absolute atomic E-state index is 0.0849. The summed E-state index contributed by atoms with van der Waals surface area (Å²) in [6.45, 7) is 5.18. The van der Waals surface area contributed by atoms with Crippen LogP contribution < -0.4 is 10.6 Å². The maximum absolute atomic E-state index is 11.7. The zero-order chi connectivity index (χ0) is 15.7. The van der Waals surface area contributed by atoms with Crippen LogP contribution in [0.2, 0.25) is 5.02 Å². The lowest BCUT2D eigenvalue weighted by molar-refractivity contribution is -0.117. The number of rotatable bonds is 7. The first-order chi connectivity index (χ1) is 10.0. The molecule has 1 amide bonds. The molecule has 0 aromatic heterocycles. The molecule has 1 aromatic carbocycles. The standard InChI is InChI=1S/C16H20ClN3O/c1-12(2)10-20-16(21)14(9-18)11-19-7-6-13-4-3-5-15(17)8-13/h3-5,8,11-12,19H,6-7,10H2,1-2H3,(H,20,21)/b14-11-. The number of nitriles is 1. The van der Waals surface area contributed by atoms with E-state index in [-0.39, 0.29) is 11.5 Å². The van der Waals surface area contributed by atoms with Gasteiger partial charge in [0.15, 0.2) is 0 Å². The quantitative estimate of drug-likeness (QED) is 0.462. The SMILES string of the molecule is CC(C)CNC(=O)/C(C#N)=C\NCCc1cccc(Cl)c1. The predicted octanol–water partition coefficient (Wildman–Crippen LogP) is 2.65. The predicted molar refractivity (Wildman–Crippen MR) is 84.7 cm³/mol. The maximum Gasteiger partial charge on any atom is 0.263 e. The van der Waals surface area contributed by atoms with Gasteiger partial charge in [-0.25, -0.2) is 0 Å². The second-order valence-corrected chi connectivity index (χ2v) is 5.54. The summed E-state index contributed by atoms with van der Waals surface area (Å²) in [5.41, 5.74) is 1.19. The first kappa shape index (κ1) is 17.1. The highest BCUT2D eigenvalue weighted by molar-refractivity contribution is 6.30. The summed E-state index contributed by atoms with van der Waals surface area (Å²) in [7, 11) is 0. The Labute approximate surface area is 130 Å². The Morgan fingerprint density at radius 1 is 1.48 bits per heavy atom. The Hall–Kier alpha value is -1.99. The van der Waals surface area contributed by atoms with Gasteiger partial charge in [-0.1, -0.05) is 37.6 Å². The molecule has 0 unspecified atom stereocenters. The van der Waals surface area contributed by atoms with E-state index in [0.29, 0.717) is 24.0 Å². The molecule has 0 aliphatic carbocycles. The molecule has 0 saturated carbocycles. The second kappa shape index (κ2) is 9.04. The number of carbonyl (C=O) groups is 1. The molecule has 0 fully saturated rings. The molecule has 0 radical (unpaired) electrons. The Bertz CT molecular complexity index is 547. The fourth-order valence-corrected chi connectivity index (χ4v) is 1.84. The first-order valence-electron chi connectivity index (χ1n) is 6.89. The Kier molecular flexibility index (Phi) is 7.34. The molecule has 0 atom stereocenters. The average molecular weight is 306 g/mol. The van der Waals surface area contributed by atoms with E-state index in [0.717, 1.165) is 12.0 Å². The number of hydrogen-bond acceptors (Lipinski definition) is 3. The van der Waals surface area contributed by atoms with Crippen LogP contribution in [0.25, 0.3) is 0 Å². The first-order valence-corrected chi connectivity index (χ1v) is 7.27. The average Bonchev–Trinajstić information content (AvgIpc) is 2.45. The minimum atomic E-state index is -0.346. The number of amides is 1. The normalized spacial score (nSPS) is 11.1. The van der Waals surface area contributed by atoms with Gasteiger partial charge in [0.05, 0.1) is 0 Å². The van der Waals surface area contributed by atoms with Crippen molar-refractivity contribution in [2.45, 2.75) is 20.3 Å². The molecule has 2 N–H and O–H groups in total. The minimum Gasteiger partial charge on any atom is -0.389 e. The van der Waals surface area contributed by atoms with Gasteiger partial charge in [-0.15, -0.1) is 0 Å². The summed E-state index contributed by atoms with van der Waals surface area (Å²) < 4.78 is 0. The highest BCUT2D eigenvalue weighted by Gasteiger charge is 2.08. The van der Waals surface area contributed by atoms with Crippen molar-refractivity contribution >= 4 is 17.5 Å². The molecule has 0 aliphatic heterocycles. The van der Waals surface area contributed by atoms with E-state index in [4.69, 9.17) is 16.9 Å². The number of halogens is 1. The van der Waals surface area contributed by atoms with Crippen LogP contribution in [0.1, 0.15) is 19.4 Å². The topological polar surface area (TPSA) is 64.9 Å². The van der Waals surface area contributed by atoms with E-state index in [1.807, 2.05) is 44.2 Å². The Morgan fingerprint density at radius 3 is 2.86 bits per heavy atom. The van der Waals surface area contributed by atoms with Crippen LogP contribution >= 0.6 is 11.6 Å². The van der Waals surface area contributed by atoms with E-state index >= 15 is 0 Å². The van der Waals surface area contributed by atoms with Crippen LogP contribution in [0.3, 0.4) is 0 Å². The fraction of sp³-hybridized carbons (Fsp3) is 0.375. The molecular formula is C16H20ClN3O. The van der Waals surface area contributed by atoms with Gasteiger partial charge in [0, 0.05) is 24.3 Å². The molecule has 0 bridgehead atoms. The monoisotopic (exact) mass is 305 g/mol. The van der Waals surface area contributed by atoms with E-state index in [9.17, 15) is 4.79 Å². The number of carbonyl (C=O) groups excluding carboxylic acids is 1. The summed E-state index contributed by atoms with van der Waals surface area (Å²) in [6, 6.07) is 9.50. The van der Waals surface area contributed by atoms with Crippen LogP contribution in [0, 0.1) is 17.2 Å². The molecule has 5 heteroatoms. The van der Waals surface area contributed by atoms with Gasteiger partial charge in [0.2, 0.25) is 0 Å². The van der Waals surface area contributed by atoms with E-state index < -0.39 is 0 Å². The van der Waals surface area contributed by atoms with E-state index in [1.165, 1.54) is 6.20 Å². The number of benzene rings is 1. The van der Waals surface area contributed by atoms with Crippen LogP contribution in [-0.2, 0) is 11.2 Å². The summed E-state index contributed by atoms with van der Waals surface area (Å²) in [5, 5.41) is 15.4. The van der Waals surface area contributed by atoms with Crippen molar-refractivity contribution in [2.75, 3.05) is 13.1 Å². The highest BCUT2D eigenvalue weighted by Crippen LogP contribution is 2.10. The zero-order valence-electron chi connectivity index (χ0n) is 12.3. The highest BCUT2D eigenvalue weighted by atomic mass is 35.5. The van der Waals surface area contributed by atoms with Crippen LogP contribution in [-0.4, -0.2) is 19.0 Å². The summed E-state index contributed by atoms with van der Waals surface area (Å²) in [4.78, 5) is 11.7. The molecular weight excluding hydrogens is 286 g/mol. The van der Waals surface area contributed by atoms with Crippen molar-refractivity contribution in [1.82, 2.24) is 10.6 Å². The lowest BCUT2D eigenvalue weighted by Gasteiger charge is -2.07. The van der Waals surface area contributed by atoms with Gasteiger partial charge in [0.25, 0.3) is 5.91 Å². The lowest BCUT2D eigenvalue weighted by atomic mass is 10.1. The van der Waals surface area contributed by atoms with Gasteiger partial charge in [-0.05, 0) is 30.0 Å². The molecule has 0 saturated heterocycles. The molecule has 21 heavy (non-hydrogen) atoms. The van der Waals surface area contributed by atoms with Crippen molar-refractivity contribution in [1.29, 1.82) is 5.26 Å². The third-order valence-corrected chi connectivity index (χ3v) is 2.96. The maximum atomic E-state index is 11.7. The molecule has 0 aliphatic rings.